The summed E-state index contributed by atoms with van der Waals surface area (Å²) in [7, 11) is 1.59. The monoisotopic (exact) mass is 491 g/mol. The summed E-state index contributed by atoms with van der Waals surface area (Å²) in [6.07, 6.45) is 0.656. The Morgan fingerprint density at radius 3 is 2.59 bits per heavy atom. The molecule has 1 unspecified atom stereocenters. The first kappa shape index (κ1) is 23.8. The van der Waals surface area contributed by atoms with Gasteiger partial charge in [-0.15, -0.1) is 11.8 Å². The fraction of sp³-hybridized carbons (Fsp3) is 0.192. The lowest BCUT2D eigenvalue weighted by atomic mass is 10.2. The SMILES string of the molecule is CCC(Sc1cccc(NC(=O)c2ccc(OC)cc2)c1)C(=O)Nc1nc2ccc(C)cc2s1. The summed E-state index contributed by atoms with van der Waals surface area (Å²) in [5.41, 5.74) is 3.25. The molecule has 2 amide bonds. The zero-order valence-electron chi connectivity index (χ0n) is 19.1. The van der Waals surface area contributed by atoms with E-state index in [1.54, 1.807) is 31.4 Å². The molecule has 6 nitrogen and oxygen atoms in total. The molecule has 0 bridgehead atoms. The molecule has 1 aromatic heterocycles. The number of rotatable bonds is 8. The van der Waals surface area contributed by atoms with Gasteiger partial charge in [0.1, 0.15) is 5.75 Å². The van der Waals surface area contributed by atoms with Crippen LogP contribution in [0.4, 0.5) is 10.8 Å². The van der Waals surface area contributed by atoms with Crippen molar-refractivity contribution in [1.82, 2.24) is 4.98 Å². The normalized spacial score (nSPS) is 11.7. The number of aryl methyl sites for hydroxylation is 1. The molecule has 0 spiro atoms. The number of carbonyl (C=O) groups is 2. The fourth-order valence-electron chi connectivity index (χ4n) is 3.35. The number of benzene rings is 3. The Morgan fingerprint density at radius 2 is 1.85 bits per heavy atom. The molecule has 0 aliphatic carbocycles. The first-order valence-corrected chi connectivity index (χ1v) is 12.5. The van der Waals surface area contributed by atoms with Crippen LogP contribution in [0.2, 0.25) is 0 Å². The van der Waals surface area contributed by atoms with Crippen LogP contribution >= 0.6 is 23.1 Å². The van der Waals surface area contributed by atoms with Gasteiger partial charge in [0.2, 0.25) is 5.91 Å². The lowest BCUT2D eigenvalue weighted by Crippen LogP contribution is -2.24. The van der Waals surface area contributed by atoms with Gasteiger partial charge in [-0.2, -0.15) is 0 Å². The molecule has 0 radical (unpaired) electrons. The second-order valence-corrected chi connectivity index (χ2v) is 10.0. The van der Waals surface area contributed by atoms with Crippen LogP contribution in [0.15, 0.2) is 71.6 Å². The number of fused-ring (bicyclic) bond motifs is 1. The maximum Gasteiger partial charge on any atom is 0.255 e. The Morgan fingerprint density at radius 1 is 1.06 bits per heavy atom. The number of nitrogens with zero attached hydrogens (tertiary/aromatic N) is 1. The van der Waals surface area contributed by atoms with E-state index in [4.69, 9.17) is 4.74 Å². The quantitative estimate of drug-likeness (QED) is 0.280. The Kier molecular flexibility index (Phi) is 7.49. The molecule has 0 aliphatic rings. The number of hydrogen-bond donors (Lipinski definition) is 2. The first-order chi connectivity index (χ1) is 16.4. The van der Waals surface area contributed by atoms with Crippen LogP contribution in [0.5, 0.6) is 5.75 Å². The van der Waals surface area contributed by atoms with Crippen molar-refractivity contribution < 1.29 is 14.3 Å². The molecule has 174 valence electrons. The highest BCUT2D eigenvalue weighted by atomic mass is 32.2. The molecular formula is C26H25N3O3S2. The number of methoxy groups -OCH3 is 1. The summed E-state index contributed by atoms with van der Waals surface area (Å²) < 4.78 is 6.19. The molecule has 0 saturated heterocycles. The van der Waals surface area contributed by atoms with Crippen LogP contribution in [0.25, 0.3) is 10.2 Å². The lowest BCUT2D eigenvalue weighted by Gasteiger charge is -2.14. The number of carbonyl (C=O) groups excluding carboxylic acids is 2. The van der Waals surface area contributed by atoms with Crippen molar-refractivity contribution in [2.75, 3.05) is 17.7 Å². The zero-order chi connectivity index (χ0) is 24.1. The average molecular weight is 492 g/mol. The molecule has 8 heteroatoms. The van der Waals surface area contributed by atoms with Crippen molar-refractivity contribution >= 4 is 55.9 Å². The van der Waals surface area contributed by atoms with Gasteiger partial charge in [0.25, 0.3) is 5.91 Å². The van der Waals surface area contributed by atoms with Crippen LogP contribution in [-0.2, 0) is 4.79 Å². The van der Waals surface area contributed by atoms with E-state index < -0.39 is 0 Å². The third-order valence-corrected chi connectivity index (χ3v) is 7.45. The number of ether oxygens (including phenoxy) is 1. The standard InChI is InChI=1S/C26H25N3O3S2/c1-4-22(25(31)29-26-28-21-13-8-16(2)14-23(21)34-26)33-20-7-5-6-18(15-20)27-24(30)17-9-11-19(32-3)12-10-17/h5-15,22H,4H2,1-3H3,(H,27,30)(H,28,29,31). The molecule has 0 aliphatic heterocycles. The van der Waals surface area contributed by atoms with Gasteiger partial charge in [0, 0.05) is 16.1 Å². The Bertz CT molecular complexity index is 1320. The summed E-state index contributed by atoms with van der Waals surface area (Å²) in [6, 6.07) is 20.5. The Labute approximate surface area is 206 Å². The third kappa shape index (κ3) is 5.76. The number of amides is 2. The van der Waals surface area contributed by atoms with Gasteiger partial charge in [0.15, 0.2) is 5.13 Å². The van der Waals surface area contributed by atoms with Crippen molar-refractivity contribution in [2.24, 2.45) is 0 Å². The molecular weight excluding hydrogens is 466 g/mol. The van der Waals surface area contributed by atoms with Crippen LogP contribution in [0, 0.1) is 6.92 Å². The van der Waals surface area contributed by atoms with Gasteiger partial charge in [-0.05, 0) is 73.5 Å². The molecule has 1 atom stereocenters. The molecule has 4 aromatic rings. The minimum Gasteiger partial charge on any atom is -0.497 e. The highest BCUT2D eigenvalue weighted by Gasteiger charge is 2.20. The van der Waals surface area contributed by atoms with E-state index in [2.05, 4.69) is 21.7 Å². The number of anilines is 2. The van der Waals surface area contributed by atoms with Crippen molar-refractivity contribution in [3.05, 3.63) is 77.9 Å². The van der Waals surface area contributed by atoms with Crippen LogP contribution in [0.1, 0.15) is 29.3 Å². The van der Waals surface area contributed by atoms with Gasteiger partial charge in [-0.25, -0.2) is 4.98 Å². The third-order valence-electron chi connectivity index (χ3n) is 5.16. The second-order valence-electron chi connectivity index (χ2n) is 7.70. The number of thioether (sulfide) groups is 1. The summed E-state index contributed by atoms with van der Waals surface area (Å²) in [5.74, 6) is 0.399. The summed E-state index contributed by atoms with van der Waals surface area (Å²) in [6.45, 7) is 4.02. The highest BCUT2D eigenvalue weighted by Crippen LogP contribution is 2.31. The van der Waals surface area contributed by atoms with E-state index in [9.17, 15) is 9.59 Å². The first-order valence-electron chi connectivity index (χ1n) is 10.9. The summed E-state index contributed by atoms with van der Waals surface area (Å²) >= 11 is 2.94. The minimum atomic E-state index is -0.290. The van der Waals surface area contributed by atoms with Crippen LogP contribution in [0.3, 0.4) is 0 Å². The summed E-state index contributed by atoms with van der Waals surface area (Å²) in [4.78, 5) is 31.0. The molecule has 3 aromatic carbocycles. The van der Waals surface area contributed by atoms with E-state index in [1.165, 1.54) is 23.1 Å². The predicted molar refractivity (Wildman–Crippen MR) is 140 cm³/mol. The van der Waals surface area contributed by atoms with Crippen molar-refractivity contribution in [1.29, 1.82) is 0 Å². The van der Waals surface area contributed by atoms with Crippen LogP contribution in [-0.4, -0.2) is 29.2 Å². The molecule has 4 rings (SSSR count). The zero-order valence-corrected chi connectivity index (χ0v) is 20.8. The predicted octanol–water partition coefficient (Wildman–Crippen LogP) is 6.38. The van der Waals surface area contributed by atoms with Gasteiger partial charge < -0.3 is 15.4 Å². The Hall–Kier alpha value is -3.36. The minimum absolute atomic E-state index is 0.0871. The van der Waals surface area contributed by atoms with Gasteiger partial charge in [0.05, 0.1) is 22.6 Å². The maximum atomic E-state index is 12.9. The van der Waals surface area contributed by atoms with E-state index in [-0.39, 0.29) is 17.1 Å². The van der Waals surface area contributed by atoms with Gasteiger partial charge >= 0.3 is 0 Å². The van der Waals surface area contributed by atoms with Gasteiger partial charge in [-0.1, -0.05) is 30.4 Å². The fourth-order valence-corrected chi connectivity index (χ4v) is 5.33. The van der Waals surface area contributed by atoms with Crippen molar-refractivity contribution in [3.63, 3.8) is 0 Å². The number of nitrogens with one attached hydrogen (secondary N) is 2. The van der Waals surface area contributed by atoms with E-state index in [0.717, 1.165) is 20.7 Å². The summed E-state index contributed by atoms with van der Waals surface area (Å²) in [5, 5.41) is 6.19. The lowest BCUT2D eigenvalue weighted by molar-refractivity contribution is -0.115. The van der Waals surface area contributed by atoms with Crippen molar-refractivity contribution in [2.45, 2.75) is 30.4 Å². The van der Waals surface area contributed by atoms with E-state index in [1.807, 2.05) is 50.2 Å². The number of hydrogen-bond acceptors (Lipinski definition) is 6. The molecule has 1 heterocycles. The molecule has 34 heavy (non-hydrogen) atoms. The van der Waals surface area contributed by atoms with Gasteiger partial charge in [-0.3, -0.25) is 9.59 Å². The van der Waals surface area contributed by atoms with E-state index in [0.29, 0.717) is 28.6 Å². The Balaban J connectivity index is 1.41. The topological polar surface area (TPSA) is 80.3 Å². The van der Waals surface area contributed by atoms with E-state index >= 15 is 0 Å². The molecule has 2 N–H and O–H groups in total. The largest absolute Gasteiger partial charge is 0.497 e. The molecule has 0 fully saturated rings. The molecule has 0 saturated carbocycles. The highest BCUT2D eigenvalue weighted by molar-refractivity contribution is 8.00. The van der Waals surface area contributed by atoms with Crippen molar-refractivity contribution in [3.8, 4) is 5.75 Å². The number of aromatic nitrogens is 1. The smallest absolute Gasteiger partial charge is 0.255 e. The maximum absolute atomic E-state index is 12.9. The second kappa shape index (κ2) is 10.7. The average Bonchev–Trinajstić information content (AvgIpc) is 3.23. The van der Waals surface area contributed by atoms with Crippen LogP contribution < -0.4 is 15.4 Å². The number of thiazole rings is 1.